The number of hydrogen-bond donors (Lipinski definition) is 0. The summed E-state index contributed by atoms with van der Waals surface area (Å²) in [5, 5.41) is 1.18. The summed E-state index contributed by atoms with van der Waals surface area (Å²) in [6.07, 6.45) is 0.250. The summed E-state index contributed by atoms with van der Waals surface area (Å²) >= 11 is 0. The zero-order valence-electron chi connectivity index (χ0n) is 13.1. The topological polar surface area (TPSA) is 19.4 Å². The highest BCUT2D eigenvalue weighted by Crippen LogP contribution is 2.44. The lowest BCUT2D eigenvalue weighted by Gasteiger charge is -2.28. The average molecular weight is 289 g/mol. The first-order valence-corrected chi connectivity index (χ1v) is 7.64. The van der Waals surface area contributed by atoms with Crippen LogP contribution in [0.1, 0.15) is 12.5 Å². The van der Waals surface area contributed by atoms with Crippen LogP contribution in [0, 0.1) is 6.92 Å². The molecule has 2 aromatic carbocycles. The standard InChI is InChI=1S/C19H19N3/c1-13-8-4-7-11-17(13)22-14(2)21(3)19-18(22)12-15-9-5-6-10-16(15)20-19/h4-12,14H,1-3H3. The van der Waals surface area contributed by atoms with Crippen molar-refractivity contribution in [2.24, 2.45) is 0 Å². The van der Waals surface area contributed by atoms with E-state index < -0.39 is 0 Å². The molecule has 0 spiro atoms. The molecule has 0 N–H and O–H groups in total. The second-order valence-electron chi connectivity index (χ2n) is 5.92. The van der Waals surface area contributed by atoms with Crippen LogP contribution in [0.15, 0.2) is 54.6 Å². The van der Waals surface area contributed by atoms with Crippen LogP contribution in [0.3, 0.4) is 0 Å². The number of benzene rings is 2. The summed E-state index contributed by atoms with van der Waals surface area (Å²) in [5.41, 5.74) is 4.76. The lowest BCUT2D eigenvalue weighted by molar-refractivity contribution is 0.728. The van der Waals surface area contributed by atoms with Gasteiger partial charge in [0.2, 0.25) is 0 Å². The van der Waals surface area contributed by atoms with Crippen molar-refractivity contribution in [3.05, 3.63) is 60.2 Å². The Morgan fingerprint density at radius 1 is 0.955 bits per heavy atom. The zero-order chi connectivity index (χ0) is 15.3. The first-order valence-electron chi connectivity index (χ1n) is 7.64. The summed E-state index contributed by atoms with van der Waals surface area (Å²) in [7, 11) is 2.11. The van der Waals surface area contributed by atoms with Crippen LogP contribution in [-0.4, -0.2) is 18.2 Å². The quantitative estimate of drug-likeness (QED) is 0.658. The Morgan fingerprint density at radius 3 is 2.50 bits per heavy atom. The fraction of sp³-hybridized carbons (Fsp3) is 0.211. The molecule has 22 heavy (non-hydrogen) atoms. The maximum atomic E-state index is 4.88. The van der Waals surface area contributed by atoms with E-state index in [9.17, 15) is 0 Å². The van der Waals surface area contributed by atoms with Gasteiger partial charge in [-0.15, -0.1) is 0 Å². The van der Waals surface area contributed by atoms with Crippen LogP contribution in [-0.2, 0) is 0 Å². The SMILES string of the molecule is Cc1ccccc1N1c2cc3ccccc3nc2N(C)C1C. The molecule has 0 radical (unpaired) electrons. The third-order valence-electron chi connectivity index (χ3n) is 4.59. The first kappa shape index (κ1) is 13.1. The van der Waals surface area contributed by atoms with Crippen LogP contribution in [0.25, 0.3) is 10.9 Å². The van der Waals surface area contributed by atoms with Gasteiger partial charge in [-0.05, 0) is 37.6 Å². The molecule has 1 aromatic heterocycles. The maximum absolute atomic E-state index is 4.88. The lowest BCUT2D eigenvalue weighted by atomic mass is 10.1. The fourth-order valence-electron chi connectivity index (χ4n) is 3.25. The van der Waals surface area contributed by atoms with Crippen LogP contribution in [0.5, 0.6) is 0 Å². The van der Waals surface area contributed by atoms with Gasteiger partial charge < -0.3 is 9.80 Å². The highest BCUT2D eigenvalue weighted by Gasteiger charge is 2.33. The van der Waals surface area contributed by atoms with Crippen LogP contribution in [0.2, 0.25) is 0 Å². The molecular formula is C19H19N3. The predicted molar refractivity (Wildman–Crippen MR) is 92.9 cm³/mol. The summed E-state index contributed by atoms with van der Waals surface area (Å²) in [6, 6.07) is 19.1. The van der Waals surface area contributed by atoms with Crippen molar-refractivity contribution in [2.75, 3.05) is 16.8 Å². The van der Waals surface area contributed by atoms with E-state index >= 15 is 0 Å². The summed E-state index contributed by atoms with van der Waals surface area (Å²) < 4.78 is 0. The molecule has 1 unspecified atom stereocenters. The molecule has 3 aromatic rings. The Labute approximate surface area is 130 Å². The smallest absolute Gasteiger partial charge is 0.154 e. The van der Waals surface area contributed by atoms with Crippen LogP contribution >= 0.6 is 0 Å². The molecule has 1 aliphatic heterocycles. The van der Waals surface area contributed by atoms with E-state index in [0.29, 0.717) is 0 Å². The highest BCUT2D eigenvalue weighted by atomic mass is 15.4. The van der Waals surface area contributed by atoms with E-state index in [4.69, 9.17) is 4.98 Å². The van der Waals surface area contributed by atoms with Gasteiger partial charge in [-0.3, -0.25) is 0 Å². The molecule has 0 amide bonds. The number of rotatable bonds is 1. The molecule has 0 aliphatic carbocycles. The van der Waals surface area contributed by atoms with Gasteiger partial charge in [0.05, 0.1) is 11.2 Å². The van der Waals surface area contributed by atoms with Gasteiger partial charge in [0.1, 0.15) is 6.17 Å². The molecule has 3 nitrogen and oxygen atoms in total. The molecule has 4 rings (SSSR count). The third-order valence-corrected chi connectivity index (χ3v) is 4.59. The average Bonchev–Trinajstić information content (AvgIpc) is 2.77. The zero-order valence-corrected chi connectivity index (χ0v) is 13.1. The van der Waals surface area contributed by atoms with Crippen molar-refractivity contribution in [2.45, 2.75) is 20.0 Å². The third kappa shape index (κ3) is 1.78. The van der Waals surface area contributed by atoms with Gasteiger partial charge >= 0.3 is 0 Å². The van der Waals surface area contributed by atoms with Gasteiger partial charge in [0.25, 0.3) is 0 Å². The Morgan fingerprint density at radius 2 is 1.68 bits per heavy atom. The van der Waals surface area contributed by atoms with Gasteiger partial charge in [-0.25, -0.2) is 4.98 Å². The van der Waals surface area contributed by atoms with Gasteiger partial charge in [-0.1, -0.05) is 36.4 Å². The molecule has 3 heteroatoms. The Bertz CT molecular complexity index is 856. The minimum atomic E-state index is 0.250. The molecule has 1 aliphatic rings. The first-order chi connectivity index (χ1) is 10.7. The van der Waals surface area contributed by atoms with E-state index in [1.165, 1.54) is 22.3 Å². The molecular weight excluding hydrogens is 270 g/mol. The predicted octanol–water partition coefficient (Wildman–Crippen LogP) is 4.48. The molecule has 0 saturated heterocycles. The van der Waals surface area contributed by atoms with E-state index in [1.54, 1.807) is 0 Å². The van der Waals surface area contributed by atoms with Gasteiger partial charge in [0, 0.05) is 18.1 Å². The van der Waals surface area contributed by atoms with E-state index in [2.05, 4.69) is 79.2 Å². The van der Waals surface area contributed by atoms with Crippen molar-refractivity contribution >= 4 is 28.1 Å². The van der Waals surface area contributed by atoms with Gasteiger partial charge in [-0.2, -0.15) is 0 Å². The Balaban J connectivity index is 1.97. The monoisotopic (exact) mass is 289 g/mol. The van der Waals surface area contributed by atoms with E-state index in [-0.39, 0.29) is 6.17 Å². The van der Waals surface area contributed by atoms with Gasteiger partial charge in [0.15, 0.2) is 5.82 Å². The molecule has 110 valence electrons. The molecule has 0 fully saturated rings. The minimum Gasteiger partial charge on any atom is -0.337 e. The molecule has 0 bridgehead atoms. The van der Waals surface area contributed by atoms with Crippen molar-refractivity contribution in [3.8, 4) is 0 Å². The number of fused-ring (bicyclic) bond motifs is 2. The van der Waals surface area contributed by atoms with Crippen molar-refractivity contribution in [3.63, 3.8) is 0 Å². The lowest BCUT2D eigenvalue weighted by Crippen LogP contribution is -2.36. The van der Waals surface area contributed by atoms with E-state index in [0.717, 1.165) is 11.3 Å². The summed E-state index contributed by atoms with van der Waals surface area (Å²) in [6.45, 7) is 4.38. The van der Waals surface area contributed by atoms with Crippen LogP contribution < -0.4 is 9.80 Å². The maximum Gasteiger partial charge on any atom is 0.154 e. The van der Waals surface area contributed by atoms with Crippen molar-refractivity contribution < 1.29 is 0 Å². The molecule has 0 saturated carbocycles. The Kier molecular flexibility index (Phi) is 2.83. The second kappa shape index (κ2) is 4.73. The number of aromatic nitrogens is 1. The molecule has 1 atom stereocenters. The normalized spacial score (nSPS) is 17.1. The van der Waals surface area contributed by atoms with Crippen LogP contribution in [0.4, 0.5) is 17.2 Å². The van der Waals surface area contributed by atoms with Crippen molar-refractivity contribution in [1.82, 2.24) is 4.98 Å². The number of aryl methyl sites for hydroxylation is 1. The number of nitrogens with zero attached hydrogens (tertiary/aromatic N) is 3. The Hall–Kier alpha value is -2.55. The summed E-state index contributed by atoms with van der Waals surface area (Å²) in [4.78, 5) is 9.50. The second-order valence-corrected chi connectivity index (χ2v) is 5.92. The number of anilines is 3. The summed E-state index contributed by atoms with van der Waals surface area (Å²) in [5.74, 6) is 1.05. The number of hydrogen-bond acceptors (Lipinski definition) is 3. The van der Waals surface area contributed by atoms with Crippen molar-refractivity contribution in [1.29, 1.82) is 0 Å². The van der Waals surface area contributed by atoms with E-state index in [1.807, 2.05) is 6.07 Å². The molecule has 2 heterocycles. The number of pyridine rings is 1. The largest absolute Gasteiger partial charge is 0.337 e. The highest BCUT2D eigenvalue weighted by molar-refractivity contribution is 5.92. The minimum absolute atomic E-state index is 0.250. The fourth-order valence-corrected chi connectivity index (χ4v) is 3.25. The number of para-hydroxylation sites is 2.